The molecule has 0 amide bonds. The monoisotopic (exact) mass is 332 g/mol. The summed E-state index contributed by atoms with van der Waals surface area (Å²) in [6.45, 7) is 0. The molecule has 2 aliphatic carbocycles. The Labute approximate surface area is 135 Å². The van der Waals surface area contributed by atoms with Gasteiger partial charge in [0.15, 0.2) is 29.1 Å². The van der Waals surface area contributed by atoms with Gasteiger partial charge in [-0.1, -0.05) is 6.07 Å². The number of carbonyl (C=O) groups excluding carboxylic acids is 1. The molecule has 1 unspecified atom stereocenters. The number of hydrogen-bond acceptors (Lipinski definition) is 1. The van der Waals surface area contributed by atoms with Gasteiger partial charge in [-0.15, -0.1) is 0 Å². The molecule has 1 atom stereocenters. The maximum Gasteiger partial charge on any atom is 0.166 e. The highest BCUT2D eigenvalue weighted by Gasteiger charge is 2.36. The third-order valence-electron chi connectivity index (χ3n) is 4.77. The Balaban J connectivity index is 1.97. The Morgan fingerprint density at radius 3 is 2.50 bits per heavy atom. The summed E-state index contributed by atoms with van der Waals surface area (Å²) >= 11 is 0. The number of benzene rings is 2. The van der Waals surface area contributed by atoms with Crippen LogP contribution >= 0.6 is 0 Å². The first-order valence-electron chi connectivity index (χ1n) is 7.69. The second kappa shape index (κ2) is 5.30. The molecule has 1 nitrogen and oxygen atoms in total. The van der Waals surface area contributed by atoms with E-state index in [2.05, 4.69) is 0 Å². The van der Waals surface area contributed by atoms with Crippen LogP contribution in [0.3, 0.4) is 0 Å². The van der Waals surface area contributed by atoms with E-state index in [9.17, 15) is 22.4 Å². The number of fused-ring (bicyclic) bond motifs is 3. The molecule has 2 aromatic rings. The minimum Gasteiger partial charge on any atom is -0.295 e. The Morgan fingerprint density at radius 1 is 0.958 bits per heavy atom. The lowest BCUT2D eigenvalue weighted by atomic mass is 9.80. The van der Waals surface area contributed by atoms with E-state index in [1.165, 1.54) is 12.1 Å². The minimum absolute atomic E-state index is 0.0463. The van der Waals surface area contributed by atoms with Crippen LogP contribution in [0.2, 0.25) is 0 Å². The molecule has 0 N–H and O–H groups in total. The molecular weight excluding hydrogens is 320 g/mol. The van der Waals surface area contributed by atoms with Gasteiger partial charge in [0, 0.05) is 23.5 Å². The quantitative estimate of drug-likeness (QED) is 0.661. The average molecular weight is 332 g/mol. The molecule has 24 heavy (non-hydrogen) atoms. The SMILES string of the molecule is O=C1CCCC2C1=Cc1c(F)c(F)cc(-c3ccc(F)c(F)c3)c12. The minimum atomic E-state index is -1.07. The second-order valence-electron chi connectivity index (χ2n) is 6.14. The van der Waals surface area contributed by atoms with E-state index in [1.54, 1.807) is 0 Å². The molecular formula is C19H12F4O. The molecule has 0 aliphatic heterocycles. The first-order chi connectivity index (χ1) is 11.5. The molecule has 0 heterocycles. The van der Waals surface area contributed by atoms with Crippen LogP contribution in [0.5, 0.6) is 0 Å². The number of ketones is 1. The predicted octanol–water partition coefficient (Wildman–Crippen LogP) is 5.14. The number of carbonyl (C=O) groups is 1. The lowest BCUT2D eigenvalue weighted by Crippen LogP contribution is -2.15. The van der Waals surface area contributed by atoms with Crippen molar-refractivity contribution in [3.05, 3.63) is 64.2 Å². The zero-order valence-corrected chi connectivity index (χ0v) is 12.5. The van der Waals surface area contributed by atoms with Crippen molar-refractivity contribution >= 4 is 11.9 Å². The number of halogens is 4. The van der Waals surface area contributed by atoms with Crippen LogP contribution in [0.4, 0.5) is 17.6 Å². The van der Waals surface area contributed by atoms with E-state index in [1.807, 2.05) is 0 Å². The van der Waals surface area contributed by atoms with Crippen molar-refractivity contribution in [1.29, 1.82) is 0 Å². The van der Waals surface area contributed by atoms with Crippen LogP contribution in [0.1, 0.15) is 36.3 Å². The zero-order chi connectivity index (χ0) is 17.0. The molecule has 1 saturated carbocycles. The van der Waals surface area contributed by atoms with Gasteiger partial charge in [0.2, 0.25) is 0 Å². The first-order valence-corrected chi connectivity index (χ1v) is 7.69. The molecule has 0 saturated heterocycles. The fraction of sp³-hybridized carbons (Fsp3) is 0.211. The van der Waals surface area contributed by atoms with Gasteiger partial charge < -0.3 is 0 Å². The van der Waals surface area contributed by atoms with E-state index in [4.69, 9.17) is 0 Å². The van der Waals surface area contributed by atoms with Gasteiger partial charge in [0.25, 0.3) is 0 Å². The summed E-state index contributed by atoms with van der Waals surface area (Å²) in [5, 5.41) is 0. The number of allylic oxidation sites excluding steroid dienone is 1. The summed E-state index contributed by atoms with van der Waals surface area (Å²) in [7, 11) is 0. The van der Waals surface area contributed by atoms with Crippen molar-refractivity contribution in [3.63, 3.8) is 0 Å². The van der Waals surface area contributed by atoms with Crippen molar-refractivity contribution in [1.82, 2.24) is 0 Å². The Kier molecular flexibility index (Phi) is 3.34. The van der Waals surface area contributed by atoms with Gasteiger partial charge in [0.05, 0.1) is 0 Å². The van der Waals surface area contributed by atoms with E-state index < -0.39 is 23.3 Å². The Morgan fingerprint density at radius 2 is 1.75 bits per heavy atom. The fourth-order valence-electron chi connectivity index (χ4n) is 3.68. The van der Waals surface area contributed by atoms with Gasteiger partial charge >= 0.3 is 0 Å². The van der Waals surface area contributed by atoms with Crippen molar-refractivity contribution in [2.45, 2.75) is 25.2 Å². The third kappa shape index (κ3) is 2.11. The molecule has 0 aromatic heterocycles. The highest BCUT2D eigenvalue weighted by molar-refractivity contribution is 6.05. The maximum absolute atomic E-state index is 14.2. The smallest absolute Gasteiger partial charge is 0.166 e. The van der Waals surface area contributed by atoms with E-state index in [0.717, 1.165) is 18.2 Å². The molecule has 2 aliphatic rings. The summed E-state index contributed by atoms with van der Waals surface area (Å²) < 4.78 is 55.0. The van der Waals surface area contributed by atoms with Crippen LogP contribution in [-0.4, -0.2) is 5.78 Å². The zero-order valence-electron chi connectivity index (χ0n) is 12.5. The molecule has 0 spiro atoms. The summed E-state index contributed by atoms with van der Waals surface area (Å²) in [6, 6.07) is 4.24. The fourth-order valence-corrected chi connectivity index (χ4v) is 3.68. The second-order valence-corrected chi connectivity index (χ2v) is 6.14. The van der Waals surface area contributed by atoms with Gasteiger partial charge in [-0.2, -0.15) is 0 Å². The van der Waals surface area contributed by atoms with Crippen LogP contribution in [0.25, 0.3) is 17.2 Å². The highest BCUT2D eigenvalue weighted by Crippen LogP contribution is 2.48. The Bertz CT molecular complexity index is 914. The normalized spacial score (nSPS) is 19.1. The average Bonchev–Trinajstić information content (AvgIpc) is 2.95. The largest absolute Gasteiger partial charge is 0.295 e. The van der Waals surface area contributed by atoms with E-state index in [0.29, 0.717) is 36.0 Å². The van der Waals surface area contributed by atoms with Crippen molar-refractivity contribution in [3.8, 4) is 11.1 Å². The molecule has 2 aromatic carbocycles. The molecule has 1 fully saturated rings. The summed E-state index contributed by atoms with van der Waals surface area (Å²) in [5.74, 6) is -4.54. The first kappa shape index (κ1) is 15.1. The molecule has 4 rings (SSSR count). The van der Waals surface area contributed by atoms with Gasteiger partial charge in [-0.25, -0.2) is 17.6 Å². The number of hydrogen-bond donors (Lipinski definition) is 0. The van der Waals surface area contributed by atoms with E-state index in [-0.39, 0.29) is 22.8 Å². The van der Waals surface area contributed by atoms with Crippen molar-refractivity contribution < 1.29 is 22.4 Å². The van der Waals surface area contributed by atoms with Gasteiger partial charge in [-0.3, -0.25) is 4.79 Å². The summed E-state index contributed by atoms with van der Waals surface area (Å²) in [6.07, 6.45) is 3.10. The van der Waals surface area contributed by atoms with Gasteiger partial charge in [0.1, 0.15) is 0 Å². The molecule has 122 valence electrons. The number of rotatable bonds is 1. The number of Topliss-reactive ketones (excluding diaryl/α,β-unsaturated/α-hetero) is 1. The van der Waals surface area contributed by atoms with Crippen molar-refractivity contribution in [2.24, 2.45) is 0 Å². The van der Waals surface area contributed by atoms with E-state index >= 15 is 0 Å². The van der Waals surface area contributed by atoms with Crippen LogP contribution < -0.4 is 0 Å². The van der Waals surface area contributed by atoms with Crippen molar-refractivity contribution in [2.75, 3.05) is 0 Å². The van der Waals surface area contributed by atoms with Crippen LogP contribution in [0, 0.1) is 23.3 Å². The lowest BCUT2D eigenvalue weighted by molar-refractivity contribution is -0.116. The molecule has 0 bridgehead atoms. The summed E-state index contributed by atoms with van der Waals surface area (Å²) in [4.78, 5) is 12.1. The maximum atomic E-state index is 14.2. The predicted molar refractivity (Wildman–Crippen MR) is 81.3 cm³/mol. The molecule has 0 radical (unpaired) electrons. The summed E-state index contributed by atoms with van der Waals surface area (Å²) in [5.41, 5.74) is 1.57. The van der Waals surface area contributed by atoms with Crippen LogP contribution in [0.15, 0.2) is 29.8 Å². The topological polar surface area (TPSA) is 17.1 Å². The Hall–Kier alpha value is -2.43. The molecule has 5 heteroatoms. The third-order valence-corrected chi connectivity index (χ3v) is 4.77. The lowest BCUT2D eigenvalue weighted by Gasteiger charge is -2.23. The van der Waals surface area contributed by atoms with Crippen LogP contribution in [-0.2, 0) is 4.79 Å². The van der Waals surface area contributed by atoms with Gasteiger partial charge in [-0.05, 0) is 53.8 Å². The highest BCUT2D eigenvalue weighted by atomic mass is 19.2. The standard InChI is InChI=1S/C19H12F4O/c20-14-5-4-9(6-15(14)21)11-8-16(22)19(23)13-7-12-10(18(11)13)2-1-3-17(12)24/h4-8,10H,1-3H2.